The van der Waals surface area contributed by atoms with Gasteiger partial charge < -0.3 is 9.64 Å². The van der Waals surface area contributed by atoms with E-state index in [2.05, 4.69) is 30.3 Å². The number of hydrogen-bond donors (Lipinski definition) is 0. The number of para-hydroxylation sites is 1. The van der Waals surface area contributed by atoms with Crippen molar-refractivity contribution in [2.24, 2.45) is 0 Å². The van der Waals surface area contributed by atoms with E-state index in [1.807, 2.05) is 53.4 Å². The normalized spacial score (nSPS) is 16.6. The largest absolute Gasteiger partial charge is 0.497 e. The van der Waals surface area contributed by atoms with E-state index in [-0.39, 0.29) is 11.2 Å². The van der Waals surface area contributed by atoms with Crippen LogP contribution in [-0.4, -0.2) is 13.0 Å². The highest BCUT2D eigenvalue weighted by Crippen LogP contribution is 2.46. The van der Waals surface area contributed by atoms with Gasteiger partial charge in [0.15, 0.2) is 0 Å². The maximum Gasteiger partial charge on any atom is 0.228 e. The number of amides is 1. The van der Waals surface area contributed by atoms with Crippen LogP contribution >= 0.6 is 11.8 Å². The van der Waals surface area contributed by atoms with Crippen LogP contribution in [0.25, 0.3) is 0 Å². The molecule has 0 bridgehead atoms. The van der Waals surface area contributed by atoms with E-state index in [1.54, 1.807) is 18.9 Å². The molecular formula is C23H21NO2S. The van der Waals surface area contributed by atoms with Gasteiger partial charge in [0.1, 0.15) is 5.75 Å². The molecule has 0 radical (unpaired) electrons. The molecule has 3 aromatic rings. The van der Waals surface area contributed by atoms with Crippen molar-refractivity contribution in [2.75, 3.05) is 12.0 Å². The number of carbonyl (C=O) groups excluding carboxylic acids is 1. The van der Waals surface area contributed by atoms with E-state index < -0.39 is 0 Å². The molecule has 4 rings (SSSR count). The summed E-state index contributed by atoms with van der Waals surface area (Å²) >= 11 is 1.76. The number of methoxy groups -OCH3 is 1. The van der Waals surface area contributed by atoms with Gasteiger partial charge in [0.05, 0.1) is 19.3 Å². The van der Waals surface area contributed by atoms with Crippen LogP contribution in [0.15, 0.2) is 83.8 Å². The molecule has 136 valence electrons. The van der Waals surface area contributed by atoms with Gasteiger partial charge in [-0.2, -0.15) is 0 Å². The quantitative estimate of drug-likeness (QED) is 0.606. The zero-order valence-corrected chi connectivity index (χ0v) is 16.0. The van der Waals surface area contributed by atoms with Gasteiger partial charge in [-0.25, -0.2) is 0 Å². The maximum atomic E-state index is 13.2. The molecule has 0 saturated heterocycles. The lowest BCUT2D eigenvalue weighted by molar-refractivity contribution is -0.118. The van der Waals surface area contributed by atoms with E-state index in [4.69, 9.17) is 4.74 Å². The Hall–Kier alpha value is -2.72. The number of carbonyl (C=O) groups is 1. The average Bonchev–Trinajstić information content (AvgIpc) is 2.86. The topological polar surface area (TPSA) is 29.5 Å². The first kappa shape index (κ1) is 17.7. The summed E-state index contributed by atoms with van der Waals surface area (Å²) in [5.74, 6) is 0.979. The van der Waals surface area contributed by atoms with Gasteiger partial charge in [0.2, 0.25) is 5.91 Å². The molecule has 0 saturated carbocycles. The highest BCUT2D eigenvalue weighted by molar-refractivity contribution is 7.99. The fraction of sp³-hybridized carbons (Fsp3) is 0.174. The molecule has 0 unspecified atom stereocenters. The molecule has 0 spiro atoms. The Labute approximate surface area is 164 Å². The number of hydrogen-bond acceptors (Lipinski definition) is 3. The van der Waals surface area contributed by atoms with Crippen molar-refractivity contribution >= 4 is 23.4 Å². The Bertz CT molecular complexity index is 925. The highest BCUT2D eigenvalue weighted by atomic mass is 32.2. The van der Waals surface area contributed by atoms with Crippen LogP contribution in [0, 0.1) is 0 Å². The van der Waals surface area contributed by atoms with Crippen LogP contribution in [0.1, 0.15) is 22.8 Å². The lowest BCUT2D eigenvalue weighted by Gasteiger charge is -2.22. The first-order valence-corrected chi connectivity index (χ1v) is 9.86. The molecule has 1 atom stereocenters. The molecule has 4 heteroatoms. The molecule has 0 fully saturated rings. The molecule has 0 aliphatic carbocycles. The standard InChI is InChI=1S/C23H21NO2S/c1-26-19-13-11-18(12-14-19)22-15-23(25)24(16-17-7-3-2-4-8-17)20-9-5-6-10-21(20)27-22/h2-14,22H,15-16H2,1H3/t22-/m1/s1. The van der Waals surface area contributed by atoms with E-state index in [0.717, 1.165) is 27.5 Å². The van der Waals surface area contributed by atoms with Gasteiger partial charge >= 0.3 is 0 Å². The molecule has 1 heterocycles. The van der Waals surface area contributed by atoms with Gasteiger partial charge in [0, 0.05) is 16.6 Å². The Morgan fingerprint density at radius 2 is 1.67 bits per heavy atom. The first-order chi connectivity index (χ1) is 13.2. The number of benzene rings is 3. The zero-order valence-electron chi connectivity index (χ0n) is 15.2. The van der Waals surface area contributed by atoms with Crippen molar-refractivity contribution in [1.82, 2.24) is 0 Å². The van der Waals surface area contributed by atoms with Gasteiger partial charge in [-0.05, 0) is 35.4 Å². The Morgan fingerprint density at radius 1 is 0.963 bits per heavy atom. The first-order valence-electron chi connectivity index (χ1n) is 8.98. The third-order valence-corrected chi connectivity index (χ3v) is 6.08. The molecule has 1 aliphatic heterocycles. The number of nitrogens with zero attached hydrogens (tertiary/aromatic N) is 1. The van der Waals surface area contributed by atoms with Crippen LogP contribution in [0.5, 0.6) is 5.75 Å². The monoisotopic (exact) mass is 375 g/mol. The van der Waals surface area contributed by atoms with E-state index in [1.165, 1.54) is 0 Å². The molecule has 1 aliphatic rings. The third kappa shape index (κ3) is 3.86. The van der Waals surface area contributed by atoms with Crippen molar-refractivity contribution in [1.29, 1.82) is 0 Å². The second kappa shape index (κ2) is 7.89. The number of thioether (sulfide) groups is 1. The van der Waals surface area contributed by atoms with Crippen LogP contribution in [0.3, 0.4) is 0 Å². The van der Waals surface area contributed by atoms with Crippen molar-refractivity contribution in [3.63, 3.8) is 0 Å². The van der Waals surface area contributed by atoms with Crippen LogP contribution < -0.4 is 9.64 Å². The van der Waals surface area contributed by atoms with Crippen molar-refractivity contribution in [3.05, 3.63) is 90.0 Å². The van der Waals surface area contributed by atoms with Gasteiger partial charge in [-0.15, -0.1) is 11.8 Å². The lowest BCUT2D eigenvalue weighted by atomic mass is 10.1. The van der Waals surface area contributed by atoms with E-state index in [0.29, 0.717) is 13.0 Å². The molecule has 3 nitrogen and oxygen atoms in total. The smallest absolute Gasteiger partial charge is 0.228 e. The summed E-state index contributed by atoms with van der Waals surface area (Å²) in [5.41, 5.74) is 3.27. The number of rotatable bonds is 4. The minimum atomic E-state index is 0.0883. The van der Waals surface area contributed by atoms with Crippen LogP contribution in [-0.2, 0) is 11.3 Å². The summed E-state index contributed by atoms with van der Waals surface area (Å²) in [5, 5.41) is 0.0883. The summed E-state index contributed by atoms with van der Waals surface area (Å²) in [6.07, 6.45) is 0.471. The van der Waals surface area contributed by atoms with Gasteiger partial charge in [-0.3, -0.25) is 4.79 Å². The van der Waals surface area contributed by atoms with Gasteiger partial charge in [0.25, 0.3) is 0 Å². The molecule has 27 heavy (non-hydrogen) atoms. The maximum absolute atomic E-state index is 13.2. The van der Waals surface area contributed by atoms with Crippen LogP contribution in [0.2, 0.25) is 0 Å². The van der Waals surface area contributed by atoms with Gasteiger partial charge in [-0.1, -0.05) is 54.6 Å². The fourth-order valence-corrected chi connectivity index (χ4v) is 4.60. The molecule has 3 aromatic carbocycles. The highest BCUT2D eigenvalue weighted by Gasteiger charge is 2.29. The second-order valence-corrected chi connectivity index (χ2v) is 7.76. The van der Waals surface area contributed by atoms with Crippen molar-refractivity contribution < 1.29 is 9.53 Å². The summed E-state index contributed by atoms with van der Waals surface area (Å²) in [6.45, 7) is 0.590. The molecule has 0 aromatic heterocycles. The predicted octanol–water partition coefficient (Wildman–Crippen LogP) is 5.47. The third-order valence-electron chi connectivity index (χ3n) is 4.76. The SMILES string of the molecule is COc1ccc([C@H]2CC(=O)N(Cc3ccccc3)c3ccccc3S2)cc1. The average molecular weight is 375 g/mol. The Balaban J connectivity index is 1.67. The number of anilines is 1. The zero-order chi connectivity index (χ0) is 18.6. The minimum absolute atomic E-state index is 0.0883. The van der Waals surface area contributed by atoms with Crippen molar-refractivity contribution in [3.8, 4) is 5.75 Å². The van der Waals surface area contributed by atoms with Crippen LogP contribution in [0.4, 0.5) is 5.69 Å². The molecular weight excluding hydrogens is 354 g/mol. The minimum Gasteiger partial charge on any atom is -0.497 e. The Kier molecular flexibility index (Phi) is 5.16. The number of ether oxygens (including phenoxy) is 1. The van der Waals surface area contributed by atoms with E-state index >= 15 is 0 Å². The predicted molar refractivity (Wildman–Crippen MR) is 110 cm³/mol. The Morgan fingerprint density at radius 3 is 2.41 bits per heavy atom. The summed E-state index contributed by atoms with van der Waals surface area (Å²) < 4.78 is 5.26. The fourth-order valence-electron chi connectivity index (χ4n) is 3.32. The summed E-state index contributed by atoms with van der Waals surface area (Å²) in [4.78, 5) is 16.2. The summed E-state index contributed by atoms with van der Waals surface area (Å²) in [7, 11) is 1.66. The lowest BCUT2D eigenvalue weighted by Crippen LogP contribution is -2.30. The summed E-state index contributed by atoms with van der Waals surface area (Å²) in [6, 6.07) is 26.4. The molecule has 0 N–H and O–H groups in total. The second-order valence-electron chi connectivity index (χ2n) is 6.52. The van der Waals surface area contributed by atoms with E-state index in [9.17, 15) is 4.79 Å². The molecule has 1 amide bonds. The van der Waals surface area contributed by atoms with Crippen molar-refractivity contribution in [2.45, 2.75) is 23.1 Å². The number of fused-ring (bicyclic) bond motifs is 1.